The van der Waals surface area contributed by atoms with Gasteiger partial charge in [-0.05, 0) is 50.4 Å². The summed E-state index contributed by atoms with van der Waals surface area (Å²) in [6.45, 7) is 9.49. The fourth-order valence-corrected chi connectivity index (χ4v) is 2.97. The maximum Gasteiger partial charge on any atom is 0.133 e. The van der Waals surface area contributed by atoms with Crippen molar-refractivity contribution < 1.29 is 0 Å². The highest BCUT2D eigenvalue weighted by Crippen LogP contribution is 2.21. The van der Waals surface area contributed by atoms with Crippen LogP contribution in [-0.4, -0.2) is 23.6 Å². The number of likely N-dealkylation sites (N-methyl/N-ethyl adjacent to an activating group) is 1. The van der Waals surface area contributed by atoms with Crippen LogP contribution in [0.2, 0.25) is 0 Å². The van der Waals surface area contributed by atoms with E-state index in [4.69, 9.17) is 9.97 Å². The average Bonchev–Trinajstić information content (AvgIpc) is 2.41. The highest BCUT2D eigenvalue weighted by Gasteiger charge is 2.15. The van der Waals surface area contributed by atoms with E-state index in [0.717, 1.165) is 30.2 Å². The summed E-state index contributed by atoms with van der Waals surface area (Å²) < 4.78 is 0. The summed E-state index contributed by atoms with van der Waals surface area (Å²) >= 11 is 0. The predicted molar refractivity (Wildman–Crippen MR) is 87.8 cm³/mol. The number of aryl methyl sites for hydroxylation is 3. The van der Waals surface area contributed by atoms with E-state index in [1.54, 1.807) is 0 Å². The molecule has 0 amide bonds. The van der Waals surface area contributed by atoms with Crippen molar-refractivity contribution in [3.05, 3.63) is 58.2 Å². The van der Waals surface area contributed by atoms with E-state index < -0.39 is 0 Å². The quantitative estimate of drug-likeness (QED) is 0.914. The lowest BCUT2D eigenvalue weighted by atomic mass is 9.97. The van der Waals surface area contributed by atoms with Gasteiger partial charge in [0.2, 0.25) is 0 Å². The molecule has 0 fully saturated rings. The molecule has 0 saturated carbocycles. The zero-order valence-electron chi connectivity index (χ0n) is 13.7. The third-order valence-electron chi connectivity index (χ3n) is 3.99. The number of hydrogen-bond donors (Lipinski definition) is 1. The van der Waals surface area contributed by atoms with Crippen LogP contribution >= 0.6 is 0 Å². The fourth-order valence-electron chi connectivity index (χ4n) is 2.97. The van der Waals surface area contributed by atoms with Crippen LogP contribution in [0.3, 0.4) is 0 Å². The van der Waals surface area contributed by atoms with Crippen LogP contribution in [0.25, 0.3) is 0 Å². The average molecular weight is 283 g/mol. The van der Waals surface area contributed by atoms with Crippen LogP contribution in [0, 0.1) is 20.8 Å². The molecule has 1 unspecified atom stereocenters. The van der Waals surface area contributed by atoms with Crippen LogP contribution in [0.4, 0.5) is 0 Å². The van der Waals surface area contributed by atoms with E-state index in [2.05, 4.69) is 57.3 Å². The summed E-state index contributed by atoms with van der Waals surface area (Å²) in [5.41, 5.74) is 6.08. The van der Waals surface area contributed by atoms with E-state index in [-0.39, 0.29) is 0 Å². The molecule has 3 heteroatoms. The summed E-state index contributed by atoms with van der Waals surface area (Å²) in [4.78, 5) is 9.47. The molecule has 3 nitrogen and oxygen atoms in total. The zero-order chi connectivity index (χ0) is 15.4. The molecule has 0 aliphatic rings. The number of nitrogens with zero attached hydrogens (tertiary/aromatic N) is 2. The topological polar surface area (TPSA) is 37.8 Å². The molecule has 0 radical (unpaired) electrons. The Labute approximate surface area is 127 Å². The van der Waals surface area contributed by atoms with E-state index in [1.165, 1.54) is 16.7 Å². The molecule has 2 aromatic rings. The van der Waals surface area contributed by atoms with Gasteiger partial charge in [0.05, 0.1) is 0 Å². The minimum absolute atomic E-state index is 0.433. The number of benzene rings is 1. The maximum atomic E-state index is 4.73. The van der Waals surface area contributed by atoms with Crippen LogP contribution in [0.1, 0.15) is 46.7 Å². The third-order valence-corrected chi connectivity index (χ3v) is 3.99. The van der Waals surface area contributed by atoms with Crippen molar-refractivity contribution in [3.8, 4) is 0 Å². The van der Waals surface area contributed by atoms with Crippen molar-refractivity contribution in [1.82, 2.24) is 15.3 Å². The lowest BCUT2D eigenvalue weighted by Gasteiger charge is -2.17. The Balaban J connectivity index is 2.30. The lowest BCUT2D eigenvalue weighted by Crippen LogP contribution is -2.18. The first-order chi connectivity index (χ1) is 10.0. The van der Waals surface area contributed by atoms with Crippen LogP contribution in [0.15, 0.2) is 24.3 Å². The third kappa shape index (κ3) is 3.67. The molecule has 1 N–H and O–H groups in total. The first-order valence-electron chi connectivity index (χ1n) is 7.56. The fraction of sp³-hybridized carbons (Fsp3) is 0.444. The van der Waals surface area contributed by atoms with Crippen LogP contribution in [0.5, 0.6) is 0 Å². The Morgan fingerprint density at radius 3 is 2.24 bits per heavy atom. The molecule has 0 saturated heterocycles. The van der Waals surface area contributed by atoms with E-state index >= 15 is 0 Å². The molecule has 1 aromatic heterocycles. The first kappa shape index (κ1) is 15.6. The van der Waals surface area contributed by atoms with Gasteiger partial charge in [-0.25, -0.2) is 9.97 Å². The number of nitrogens with one attached hydrogen (secondary N) is 1. The van der Waals surface area contributed by atoms with E-state index in [9.17, 15) is 0 Å². The summed E-state index contributed by atoms with van der Waals surface area (Å²) in [5.74, 6) is 1.35. The second-order valence-electron chi connectivity index (χ2n) is 5.79. The van der Waals surface area contributed by atoms with Gasteiger partial charge in [0.25, 0.3) is 0 Å². The summed E-state index contributed by atoms with van der Waals surface area (Å²) in [5, 5.41) is 3.23. The van der Waals surface area contributed by atoms with Gasteiger partial charge in [-0.3, -0.25) is 0 Å². The Kier molecular flexibility index (Phi) is 5.07. The second-order valence-corrected chi connectivity index (χ2v) is 5.79. The maximum absolute atomic E-state index is 4.73. The summed E-state index contributed by atoms with van der Waals surface area (Å²) in [6.07, 6.45) is 0.801. The smallest absolute Gasteiger partial charge is 0.133 e. The molecule has 0 aliphatic carbocycles. The molecule has 0 aliphatic heterocycles. The molecule has 112 valence electrons. The molecule has 1 aromatic carbocycles. The molecule has 21 heavy (non-hydrogen) atoms. The van der Waals surface area contributed by atoms with Gasteiger partial charge in [0, 0.05) is 24.4 Å². The highest BCUT2D eigenvalue weighted by molar-refractivity contribution is 5.32. The van der Waals surface area contributed by atoms with Gasteiger partial charge < -0.3 is 5.32 Å². The summed E-state index contributed by atoms with van der Waals surface area (Å²) in [6, 6.07) is 8.43. The molecular weight excluding hydrogens is 258 g/mol. The van der Waals surface area contributed by atoms with Gasteiger partial charge in [-0.2, -0.15) is 0 Å². The van der Waals surface area contributed by atoms with Crippen molar-refractivity contribution in [2.75, 3.05) is 13.6 Å². The van der Waals surface area contributed by atoms with Crippen molar-refractivity contribution in [2.45, 2.75) is 40.0 Å². The van der Waals surface area contributed by atoms with E-state index in [1.807, 2.05) is 7.05 Å². The van der Waals surface area contributed by atoms with E-state index in [0.29, 0.717) is 5.92 Å². The molecule has 0 spiro atoms. The Hall–Kier alpha value is -1.74. The predicted octanol–water partition coefficient (Wildman–Crippen LogP) is 3.32. The largest absolute Gasteiger partial charge is 0.319 e. The van der Waals surface area contributed by atoms with Crippen molar-refractivity contribution in [2.24, 2.45) is 0 Å². The molecule has 0 bridgehead atoms. The van der Waals surface area contributed by atoms with Gasteiger partial charge >= 0.3 is 0 Å². The van der Waals surface area contributed by atoms with Gasteiger partial charge in [-0.15, -0.1) is 0 Å². The first-order valence-corrected chi connectivity index (χ1v) is 7.56. The Bertz CT molecular complexity index is 597. The normalized spacial score (nSPS) is 12.4. The van der Waals surface area contributed by atoms with Crippen LogP contribution in [-0.2, 0) is 6.42 Å². The number of aromatic nitrogens is 2. The molecular formula is C18H25N3. The second kappa shape index (κ2) is 6.81. The molecule has 1 heterocycles. The summed E-state index contributed by atoms with van der Waals surface area (Å²) in [7, 11) is 1.98. The minimum atomic E-state index is 0.433. The highest BCUT2D eigenvalue weighted by atomic mass is 14.9. The van der Waals surface area contributed by atoms with Crippen molar-refractivity contribution in [3.63, 3.8) is 0 Å². The number of hydrogen-bond acceptors (Lipinski definition) is 3. The lowest BCUT2D eigenvalue weighted by molar-refractivity contribution is 0.659. The van der Waals surface area contributed by atoms with Crippen LogP contribution < -0.4 is 5.32 Å². The monoisotopic (exact) mass is 283 g/mol. The van der Waals surface area contributed by atoms with Crippen molar-refractivity contribution in [1.29, 1.82) is 0 Å². The standard InChI is InChI=1S/C18H25N3/c1-12-8-6-7-9-16(12)10-17-20-14(3)18(15(4)21-17)13(2)11-19-5/h6-9,13,19H,10-11H2,1-5H3. The Morgan fingerprint density at radius 1 is 1.05 bits per heavy atom. The Morgan fingerprint density at radius 2 is 1.67 bits per heavy atom. The van der Waals surface area contributed by atoms with Gasteiger partial charge in [0.15, 0.2) is 0 Å². The zero-order valence-corrected chi connectivity index (χ0v) is 13.7. The minimum Gasteiger partial charge on any atom is -0.319 e. The van der Waals surface area contributed by atoms with Crippen molar-refractivity contribution >= 4 is 0 Å². The van der Waals surface area contributed by atoms with Gasteiger partial charge in [-0.1, -0.05) is 31.2 Å². The number of rotatable bonds is 5. The van der Waals surface area contributed by atoms with Gasteiger partial charge in [0.1, 0.15) is 5.82 Å². The molecule has 2 rings (SSSR count). The molecule has 1 atom stereocenters. The SMILES string of the molecule is CNCC(C)c1c(C)nc(Cc2ccccc2C)nc1C.